The summed E-state index contributed by atoms with van der Waals surface area (Å²) in [5.41, 5.74) is 0. The van der Waals surface area contributed by atoms with Crippen molar-refractivity contribution in [2.45, 2.75) is 58.4 Å². The average Bonchev–Trinajstić information content (AvgIpc) is 2.30. The molecule has 0 unspecified atom stereocenters. The van der Waals surface area contributed by atoms with Crippen molar-refractivity contribution < 1.29 is 4.74 Å². The molecule has 1 aliphatic rings. The van der Waals surface area contributed by atoms with E-state index < -0.39 is 0 Å². The van der Waals surface area contributed by atoms with Gasteiger partial charge in [-0.05, 0) is 38.0 Å². The lowest BCUT2D eigenvalue weighted by Gasteiger charge is -2.28. The third kappa shape index (κ3) is 5.53. The van der Waals surface area contributed by atoms with Crippen LogP contribution in [0.2, 0.25) is 0 Å². The number of hydrogen-bond donors (Lipinski definition) is 1. The van der Waals surface area contributed by atoms with Crippen molar-refractivity contribution in [1.82, 2.24) is 5.32 Å². The Labute approximate surface area is 94.8 Å². The third-order valence-electron chi connectivity index (χ3n) is 3.45. The molecule has 0 aromatic carbocycles. The van der Waals surface area contributed by atoms with Gasteiger partial charge in [0.15, 0.2) is 0 Å². The van der Waals surface area contributed by atoms with Crippen LogP contribution < -0.4 is 5.32 Å². The Morgan fingerprint density at radius 3 is 2.40 bits per heavy atom. The zero-order chi connectivity index (χ0) is 10.9. The highest BCUT2D eigenvalue weighted by molar-refractivity contribution is 4.76. The van der Waals surface area contributed by atoms with Crippen LogP contribution in [-0.4, -0.2) is 25.8 Å². The van der Waals surface area contributed by atoms with Crippen LogP contribution in [0.1, 0.15) is 52.4 Å². The first-order valence-corrected chi connectivity index (χ1v) is 6.68. The van der Waals surface area contributed by atoms with Gasteiger partial charge in [-0.1, -0.05) is 20.3 Å². The first kappa shape index (κ1) is 13.0. The van der Waals surface area contributed by atoms with Crippen molar-refractivity contribution in [2.75, 3.05) is 19.8 Å². The summed E-state index contributed by atoms with van der Waals surface area (Å²) in [7, 11) is 0. The number of ether oxygens (including phenoxy) is 1. The molecule has 0 heterocycles. The Balaban J connectivity index is 1.94. The minimum atomic E-state index is 0.762. The molecule has 90 valence electrons. The Hall–Kier alpha value is -0.0800. The van der Waals surface area contributed by atoms with Crippen LogP contribution in [0.3, 0.4) is 0 Å². The highest BCUT2D eigenvalue weighted by atomic mass is 16.5. The molecule has 0 saturated heterocycles. The van der Waals surface area contributed by atoms with Gasteiger partial charge in [-0.2, -0.15) is 0 Å². The zero-order valence-corrected chi connectivity index (χ0v) is 10.4. The van der Waals surface area contributed by atoms with Crippen molar-refractivity contribution in [2.24, 2.45) is 5.92 Å². The van der Waals surface area contributed by atoms with E-state index in [2.05, 4.69) is 19.2 Å². The van der Waals surface area contributed by atoms with E-state index >= 15 is 0 Å². The first-order valence-electron chi connectivity index (χ1n) is 6.68. The Bertz CT molecular complexity index is 141. The topological polar surface area (TPSA) is 21.3 Å². The van der Waals surface area contributed by atoms with Crippen LogP contribution in [0.5, 0.6) is 0 Å². The molecule has 0 bridgehead atoms. The fraction of sp³-hybridized carbons (Fsp3) is 1.00. The van der Waals surface area contributed by atoms with E-state index in [0.717, 1.165) is 38.1 Å². The molecule has 1 rings (SSSR count). The third-order valence-corrected chi connectivity index (χ3v) is 3.45. The lowest BCUT2D eigenvalue weighted by Crippen LogP contribution is -2.35. The maximum atomic E-state index is 5.45. The molecule has 0 atom stereocenters. The Morgan fingerprint density at radius 1 is 1.07 bits per heavy atom. The molecular formula is C13H27NO. The summed E-state index contributed by atoms with van der Waals surface area (Å²) in [6, 6.07) is 0.762. The molecule has 0 aromatic rings. The fourth-order valence-corrected chi connectivity index (χ4v) is 2.36. The molecule has 0 aromatic heterocycles. The van der Waals surface area contributed by atoms with Gasteiger partial charge in [0, 0.05) is 19.2 Å². The predicted octanol–water partition coefficient (Wildman–Crippen LogP) is 2.97. The standard InChI is InChI=1S/C13H27NO/c1-3-10-15-11-9-14-13-7-5-12(4-2)6-8-13/h12-14H,3-11H2,1-2H3. The molecule has 1 saturated carbocycles. The monoisotopic (exact) mass is 213 g/mol. The molecule has 0 aliphatic heterocycles. The van der Waals surface area contributed by atoms with Crippen LogP contribution in [0, 0.1) is 5.92 Å². The molecule has 15 heavy (non-hydrogen) atoms. The lowest BCUT2D eigenvalue weighted by atomic mass is 9.84. The molecule has 1 aliphatic carbocycles. The maximum absolute atomic E-state index is 5.45. The van der Waals surface area contributed by atoms with Crippen LogP contribution in [0.4, 0.5) is 0 Å². The summed E-state index contributed by atoms with van der Waals surface area (Å²) in [6.07, 6.45) is 8.07. The van der Waals surface area contributed by atoms with E-state index in [9.17, 15) is 0 Å². The summed E-state index contributed by atoms with van der Waals surface area (Å²) in [5.74, 6) is 0.999. The largest absolute Gasteiger partial charge is 0.380 e. The van der Waals surface area contributed by atoms with E-state index in [1.165, 1.54) is 32.1 Å². The molecule has 1 fully saturated rings. The second kappa shape index (κ2) is 8.12. The van der Waals surface area contributed by atoms with E-state index in [1.54, 1.807) is 0 Å². The van der Waals surface area contributed by atoms with Crippen molar-refractivity contribution in [3.63, 3.8) is 0 Å². The van der Waals surface area contributed by atoms with E-state index in [1.807, 2.05) is 0 Å². The number of rotatable bonds is 7. The van der Waals surface area contributed by atoms with Crippen molar-refractivity contribution in [3.8, 4) is 0 Å². The van der Waals surface area contributed by atoms with Gasteiger partial charge in [-0.15, -0.1) is 0 Å². The molecular weight excluding hydrogens is 186 g/mol. The second-order valence-electron chi connectivity index (χ2n) is 4.69. The van der Waals surface area contributed by atoms with Crippen LogP contribution in [-0.2, 0) is 4.74 Å². The summed E-state index contributed by atoms with van der Waals surface area (Å²) in [6.45, 7) is 7.28. The Kier molecular flexibility index (Phi) is 7.03. The molecule has 2 heteroatoms. The molecule has 0 spiro atoms. The van der Waals surface area contributed by atoms with Crippen LogP contribution in [0.15, 0.2) is 0 Å². The average molecular weight is 213 g/mol. The number of hydrogen-bond acceptors (Lipinski definition) is 2. The molecule has 0 amide bonds. The number of nitrogens with one attached hydrogen (secondary N) is 1. The van der Waals surface area contributed by atoms with Gasteiger partial charge in [-0.3, -0.25) is 0 Å². The van der Waals surface area contributed by atoms with Crippen LogP contribution in [0.25, 0.3) is 0 Å². The first-order chi connectivity index (χ1) is 7.36. The van der Waals surface area contributed by atoms with E-state index in [4.69, 9.17) is 4.74 Å². The smallest absolute Gasteiger partial charge is 0.0590 e. The highest BCUT2D eigenvalue weighted by Crippen LogP contribution is 2.26. The van der Waals surface area contributed by atoms with Crippen molar-refractivity contribution in [1.29, 1.82) is 0 Å². The van der Waals surface area contributed by atoms with E-state index in [0.29, 0.717) is 0 Å². The van der Waals surface area contributed by atoms with Gasteiger partial charge in [0.25, 0.3) is 0 Å². The Morgan fingerprint density at radius 2 is 1.80 bits per heavy atom. The predicted molar refractivity (Wildman–Crippen MR) is 65.1 cm³/mol. The normalized spacial score (nSPS) is 26.8. The van der Waals surface area contributed by atoms with Gasteiger partial charge < -0.3 is 10.1 Å². The van der Waals surface area contributed by atoms with Crippen molar-refractivity contribution >= 4 is 0 Å². The quantitative estimate of drug-likeness (QED) is 0.656. The molecule has 2 nitrogen and oxygen atoms in total. The maximum Gasteiger partial charge on any atom is 0.0590 e. The SMILES string of the molecule is CCCOCCNC1CCC(CC)CC1. The lowest BCUT2D eigenvalue weighted by molar-refractivity contribution is 0.131. The van der Waals surface area contributed by atoms with Gasteiger partial charge >= 0.3 is 0 Å². The second-order valence-corrected chi connectivity index (χ2v) is 4.69. The van der Waals surface area contributed by atoms with Crippen LogP contribution >= 0.6 is 0 Å². The van der Waals surface area contributed by atoms with Gasteiger partial charge in [0.1, 0.15) is 0 Å². The summed E-state index contributed by atoms with van der Waals surface area (Å²) >= 11 is 0. The summed E-state index contributed by atoms with van der Waals surface area (Å²) in [4.78, 5) is 0. The minimum Gasteiger partial charge on any atom is -0.380 e. The van der Waals surface area contributed by atoms with Crippen molar-refractivity contribution in [3.05, 3.63) is 0 Å². The van der Waals surface area contributed by atoms with E-state index in [-0.39, 0.29) is 0 Å². The van der Waals surface area contributed by atoms with Gasteiger partial charge in [-0.25, -0.2) is 0 Å². The molecule has 1 N–H and O–H groups in total. The highest BCUT2D eigenvalue weighted by Gasteiger charge is 2.18. The fourth-order valence-electron chi connectivity index (χ4n) is 2.36. The van der Waals surface area contributed by atoms with Gasteiger partial charge in [0.2, 0.25) is 0 Å². The van der Waals surface area contributed by atoms with Gasteiger partial charge in [0.05, 0.1) is 6.61 Å². The zero-order valence-electron chi connectivity index (χ0n) is 10.4. The summed E-state index contributed by atoms with van der Waals surface area (Å²) in [5, 5.41) is 3.60. The molecule has 0 radical (unpaired) electrons. The minimum absolute atomic E-state index is 0.762. The summed E-state index contributed by atoms with van der Waals surface area (Å²) < 4.78 is 5.45.